The van der Waals surface area contributed by atoms with Crippen LogP contribution in [0, 0.1) is 0 Å². The van der Waals surface area contributed by atoms with Crippen molar-refractivity contribution in [1.82, 2.24) is 4.90 Å². The highest BCUT2D eigenvalue weighted by Gasteiger charge is 2.30. The van der Waals surface area contributed by atoms with E-state index in [-0.39, 0.29) is 0 Å². The van der Waals surface area contributed by atoms with Gasteiger partial charge in [0.05, 0.1) is 5.56 Å². The first-order valence-electron chi connectivity index (χ1n) is 7.11. The van der Waals surface area contributed by atoms with Crippen LogP contribution in [0.1, 0.15) is 16.7 Å². The third kappa shape index (κ3) is 3.42. The van der Waals surface area contributed by atoms with Crippen LogP contribution >= 0.6 is 0 Å². The van der Waals surface area contributed by atoms with Gasteiger partial charge in [0.15, 0.2) is 0 Å². The molecule has 2 aromatic carbocycles. The van der Waals surface area contributed by atoms with Crippen LogP contribution in [0.4, 0.5) is 13.2 Å². The van der Waals surface area contributed by atoms with Crippen molar-refractivity contribution < 1.29 is 17.9 Å². The first-order chi connectivity index (χ1) is 10.5. The molecule has 5 heteroatoms. The third-order valence-corrected chi connectivity index (χ3v) is 3.69. The number of benzene rings is 2. The minimum absolute atomic E-state index is 0.474. The zero-order valence-corrected chi connectivity index (χ0v) is 11.9. The lowest BCUT2D eigenvalue weighted by atomic mass is 10.1. The highest BCUT2D eigenvalue weighted by molar-refractivity contribution is 5.34. The van der Waals surface area contributed by atoms with E-state index in [0.717, 1.165) is 17.4 Å². The molecular formula is C17H16F3NO. The average molecular weight is 307 g/mol. The maximum atomic E-state index is 12.8. The van der Waals surface area contributed by atoms with Gasteiger partial charge in [-0.2, -0.15) is 13.2 Å². The minimum atomic E-state index is -4.30. The van der Waals surface area contributed by atoms with E-state index in [9.17, 15) is 13.2 Å². The fraction of sp³-hybridized carbons (Fsp3) is 0.294. The molecule has 0 spiro atoms. The number of hydrogen-bond acceptors (Lipinski definition) is 2. The van der Waals surface area contributed by atoms with Crippen molar-refractivity contribution in [2.24, 2.45) is 0 Å². The number of fused-ring (bicyclic) bond motifs is 1. The number of halogens is 3. The summed E-state index contributed by atoms with van der Waals surface area (Å²) in [5.74, 6) is 0.856. The van der Waals surface area contributed by atoms with Gasteiger partial charge in [-0.15, -0.1) is 0 Å². The molecule has 0 unspecified atom stereocenters. The number of alkyl halides is 3. The second-order valence-electron chi connectivity index (χ2n) is 5.36. The Balaban J connectivity index is 1.76. The number of ether oxygens (including phenoxy) is 1. The Bertz CT molecular complexity index is 654. The molecule has 116 valence electrons. The van der Waals surface area contributed by atoms with Crippen molar-refractivity contribution in [2.75, 3.05) is 13.2 Å². The summed E-state index contributed by atoms with van der Waals surface area (Å²) in [5.41, 5.74) is 1.12. The number of nitrogens with zero attached hydrogens (tertiary/aromatic N) is 1. The summed E-state index contributed by atoms with van der Waals surface area (Å²) in [4.78, 5) is 2.10. The van der Waals surface area contributed by atoms with Crippen molar-refractivity contribution in [3.05, 3.63) is 65.2 Å². The molecule has 2 aromatic rings. The molecule has 1 aliphatic rings. The maximum Gasteiger partial charge on any atom is 0.416 e. The predicted molar refractivity (Wildman–Crippen MR) is 77.5 cm³/mol. The van der Waals surface area contributed by atoms with E-state index < -0.39 is 11.7 Å². The summed E-state index contributed by atoms with van der Waals surface area (Å²) in [6.07, 6.45) is -4.30. The molecule has 1 aliphatic heterocycles. The van der Waals surface area contributed by atoms with Crippen molar-refractivity contribution in [3.8, 4) is 5.75 Å². The first kappa shape index (κ1) is 14.9. The highest BCUT2D eigenvalue weighted by Crippen LogP contribution is 2.30. The van der Waals surface area contributed by atoms with E-state index in [1.165, 1.54) is 12.1 Å². The van der Waals surface area contributed by atoms with Crippen molar-refractivity contribution in [1.29, 1.82) is 0 Å². The number of hydrogen-bond donors (Lipinski definition) is 0. The summed E-state index contributed by atoms with van der Waals surface area (Å²) in [6.45, 7) is 2.37. The monoisotopic (exact) mass is 307 g/mol. The maximum absolute atomic E-state index is 12.8. The van der Waals surface area contributed by atoms with E-state index in [2.05, 4.69) is 4.90 Å². The van der Waals surface area contributed by atoms with Crippen molar-refractivity contribution in [2.45, 2.75) is 19.3 Å². The zero-order valence-electron chi connectivity index (χ0n) is 11.9. The third-order valence-electron chi connectivity index (χ3n) is 3.69. The molecule has 22 heavy (non-hydrogen) atoms. The van der Waals surface area contributed by atoms with Crippen LogP contribution in [0.2, 0.25) is 0 Å². The average Bonchev–Trinajstić information content (AvgIpc) is 2.68. The van der Waals surface area contributed by atoms with Crippen LogP contribution in [0.3, 0.4) is 0 Å². The molecule has 1 heterocycles. The van der Waals surface area contributed by atoms with Crippen LogP contribution in [0.15, 0.2) is 48.5 Å². The van der Waals surface area contributed by atoms with Gasteiger partial charge in [0.1, 0.15) is 12.4 Å². The van der Waals surface area contributed by atoms with Gasteiger partial charge in [0, 0.05) is 25.2 Å². The summed E-state index contributed by atoms with van der Waals surface area (Å²) in [6, 6.07) is 13.3. The molecular weight excluding hydrogens is 291 g/mol. The van der Waals surface area contributed by atoms with E-state index in [1.807, 2.05) is 24.3 Å². The molecule has 0 fully saturated rings. The zero-order chi connectivity index (χ0) is 15.6. The van der Waals surface area contributed by atoms with E-state index in [0.29, 0.717) is 31.8 Å². The Labute approximate surface area is 127 Å². The standard InChI is InChI=1S/C17H16F3NO/c18-17(19,20)15-6-3-4-13(10-15)11-21-8-9-22-16-7-2-1-5-14(16)12-21/h1-7,10H,8-9,11-12H2. The van der Waals surface area contributed by atoms with E-state index in [4.69, 9.17) is 4.74 Å². The molecule has 0 aromatic heterocycles. The molecule has 2 nitrogen and oxygen atoms in total. The summed E-state index contributed by atoms with van der Waals surface area (Å²) in [5, 5.41) is 0. The number of para-hydroxylation sites is 1. The predicted octanol–water partition coefficient (Wildman–Crippen LogP) is 4.10. The van der Waals surface area contributed by atoms with Crippen LogP contribution in [-0.4, -0.2) is 18.1 Å². The van der Waals surface area contributed by atoms with Gasteiger partial charge in [-0.25, -0.2) is 0 Å². The molecule has 0 atom stereocenters. The van der Waals surface area contributed by atoms with Gasteiger partial charge in [0.2, 0.25) is 0 Å². The minimum Gasteiger partial charge on any atom is -0.492 e. The molecule has 0 amide bonds. The van der Waals surface area contributed by atoms with Crippen LogP contribution in [0.25, 0.3) is 0 Å². The van der Waals surface area contributed by atoms with Gasteiger partial charge < -0.3 is 4.74 Å². The molecule has 0 N–H and O–H groups in total. The van der Waals surface area contributed by atoms with Gasteiger partial charge in [-0.3, -0.25) is 4.90 Å². The number of rotatable bonds is 2. The molecule has 3 rings (SSSR count). The summed E-state index contributed by atoms with van der Waals surface area (Å²) < 4.78 is 44.0. The van der Waals surface area contributed by atoms with E-state index >= 15 is 0 Å². The molecule has 0 saturated heterocycles. The molecule has 0 saturated carbocycles. The second kappa shape index (κ2) is 6.01. The molecule has 0 radical (unpaired) electrons. The highest BCUT2D eigenvalue weighted by atomic mass is 19.4. The first-order valence-corrected chi connectivity index (χ1v) is 7.11. The van der Waals surface area contributed by atoms with Crippen LogP contribution in [0.5, 0.6) is 5.75 Å². The Morgan fingerprint density at radius 1 is 1.05 bits per heavy atom. The van der Waals surface area contributed by atoms with Gasteiger partial charge in [-0.05, 0) is 17.7 Å². The van der Waals surface area contributed by atoms with Gasteiger partial charge in [-0.1, -0.05) is 36.4 Å². The smallest absolute Gasteiger partial charge is 0.416 e. The lowest BCUT2D eigenvalue weighted by molar-refractivity contribution is -0.137. The largest absolute Gasteiger partial charge is 0.492 e. The summed E-state index contributed by atoms with van der Waals surface area (Å²) >= 11 is 0. The van der Waals surface area contributed by atoms with Crippen molar-refractivity contribution >= 4 is 0 Å². The SMILES string of the molecule is FC(F)(F)c1cccc(CN2CCOc3ccccc3C2)c1. The second-order valence-corrected chi connectivity index (χ2v) is 5.36. The van der Waals surface area contributed by atoms with Gasteiger partial charge >= 0.3 is 6.18 Å². The fourth-order valence-corrected chi connectivity index (χ4v) is 2.62. The van der Waals surface area contributed by atoms with Crippen LogP contribution < -0.4 is 4.74 Å². The quantitative estimate of drug-likeness (QED) is 0.828. The Morgan fingerprint density at radius 2 is 1.86 bits per heavy atom. The lowest BCUT2D eigenvalue weighted by Crippen LogP contribution is -2.25. The summed E-state index contributed by atoms with van der Waals surface area (Å²) in [7, 11) is 0. The Morgan fingerprint density at radius 3 is 2.68 bits per heavy atom. The molecule has 0 bridgehead atoms. The van der Waals surface area contributed by atoms with Crippen molar-refractivity contribution in [3.63, 3.8) is 0 Å². The lowest BCUT2D eigenvalue weighted by Gasteiger charge is -2.20. The van der Waals surface area contributed by atoms with Crippen LogP contribution in [-0.2, 0) is 19.3 Å². The Kier molecular flexibility index (Phi) is 4.07. The molecule has 0 aliphatic carbocycles. The van der Waals surface area contributed by atoms with Gasteiger partial charge in [0.25, 0.3) is 0 Å². The fourth-order valence-electron chi connectivity index (χ4n) is 2.62. The Hall–Kier alpha value is -2.01. The topological polar surface area (TPSA) is 12.5 Å². The normalized spacial score (nSPS) is 15.8. The van der Waals surface area contributed by atoms with E-state index in [1.54, 1.807) is 6.07 Å².